The van der Waals surface area contributed by atoms with Gasteiger partial charge in [-0.1, -0.05) is 19.4 Å². The fraction of sp³-hybridized carbons (Fsp3) is 0.647. The second-order valence-electron chi connectivity index (χ2n) is 6.73. The summed E-state index contributed by atoms with van der Waals surface area (Å²) in [7, 11) is 0. The third-order valence-corrected chi connectivity index (χ3v) is 3.60. The number of hydrogen-bond acceptors (Lipinski definition) is 4. The Balaban J connectivity index is 1.87. The van der Waals surface area contributed by atoms with E-state index < -0.39 is 5.60 Å². The Kier molecular flexibility index (Phi) is 5.27. The molecule has 22 heavy (non-hydrogen) atoms. The van der Waals surface area contributed by atoms with Crippen molar-refractivity contribution < 1.29 is 9.53 Å². The average Bonchev–Trinajstić information content (AvgIpc) is 2.47. The molecule has 2 rings (SSSR count). The maximum atomic E-state index is 12.0. The van der Waals surface area contributed by atoms with Crippen LogP contribution in [0.15, 0.2) is 18.3 Å². The van der Waals surface area contributed by atoms with Crippen molar-refractivity contribution in [2.45, 2.75) is 46.1 Å². The van der Waals surface area contributed by atoms with Crippen molar-refractivity contribution in [1.82, 2.24) is 9.88 Å². The van der Waals surface area contributed by atoms with Gasteiger partial charge in [0.05, 0.1) is 0 Å². The Bertz CT molecular complexity index is 486. The molecule has 122 valence electrons. The molecule has 1 saturated heterocycles. The number of aryl methyl sites for hydroxylation is 1. The highest BCUT2D eigenvalue weighted by Gasteiger charge is 2.26. The largest absolute Gasteiger partial charge is 0.444 e. The summed E-state index contributed by atoms with van der Waals surface area (Å²) in [6.07, 6.45) is 3.94. The fourth-order valence-electron chi connectivity index (χ4n) is 2.48. The summed E-state index contributed by atoms with van der Waals surface area (Å²) < 4.78 is 5.41. The van der Waals surface area contributed by atoms with Crippen LogP contribution in [0.1, 0.15) is 39.7 Å². The molecule has 0 N–H and O–H groups in total. The first-order valence-electron chi connectivity index (χ1n) is 8.07. The maximum Gasteiger partial charge on any atom is 0.410 e. The summed E-state index contributed by atoms with van der Waals surface area (Å²) in [5.41, 5.74) is 0.837. The Morgan fingerprint density at radius 3 is 2.41 bits per heavy atom. The van der Waals surface area contributed by atoms with E-state index in [0.717, 1.165) is 31.7 Å². The molecular weight excluding hydrogens is 278 g/mol. The van der Waals surface area contributed by atoms with Crippen molar-refractivity contribution in [3.8, 4) is 0 Å². The highest BCUT2D eigenvalue weighted by atomic mass is 16.6. The van der Waals surface area contributed by atoms with Crippen molar-refractivity contribution in [2.75, 3.05) is 31.1 Å². The molecule has 1 aromatic rings. The van der Waals surface area contributed by atoms with Crippen LogP contribution in [0, 0.1) is 0 Å². The van der Waals surface area contributed by atoms with Crippen LogP contribution in [0.4, 0.5) is 10.6 Å². The van der Waals surface area contributed by atoms with Gasteiger partial charge in [0, 0.05) is 32.4 Å². The summed E-state index contributed by atoms with van der Waals surface area (Å²) >= 11 is 0. The minimum atomic E-state index is -0.440. The van der Waals surface area contributed by atoms with E-state index in [2.05, 4.69) is 28.9 Å². The zero-order valence-electron chi connectivity index (χ0n) is 14.1. The number of hydrogen-bond donors (Lipinski definition) is 0. The number of rotatable bonds is 3. The van der Waals surface area contributed by atoms with Crippen LogP contribution in [0.2, 0.25) is 0 Å². The van der Waals surface area contributed by atoms with Crippen molar-refractivity contribution >= 4 is 11.9 Å². The minimum Gasteiger partial charge on any atom is -0.444 e. The molecular formula is C17H27N3O2. The molecule has 0 aliphatic carbocycles. The summed E-state index contributed by atoms with van der Waals surface area (Å²) in [6, 6.07) is 4.22. The van der Waals surface area contributed by atoms with Gasteiger partial charge in [0.2, 0.25) is 0 Å². The third kappa shape index (κ3) is 4.61. The van der Waals surface area contributed by atoms with Gasteiger partial charge in [0.1, 0.15) is 11.4 Å². The van der Waals surface area contributed by atoms with Crippen LogP contribution >= 0.6 is 0 Å². The Hall–Kier alpha value is -1.78. The third-order valence-electron chi connectivity index (χ3n) is 3.60. The van der Waals surface area contributed by atoms with E-state index in [9.17, 15) is 4.79 Å². The highest BCUT2D eigenvalue weighted by Crippen LogP contribution is 2.16. The zero-order chi connectivity index (χ0) is 16.2. The molecule has 0 bridgehead atoms. The smallest absolute Gasteiger partial charge is 0.410 e. The summed E-state index contributed by atoms with van der Waals surface area (Å²) in [4.78, 5) is 20.6. The predicted molar refractivity (Wildman–Crippen MR) is 88.3 cm³/mol. The average molecular weight is 305 g/mol. The standard InChI is InChI=1S/C17H27N3O2/c1-5-6-14-7-8-15(18-13-14)19-9-11-20(12-10-19)16(21)22-17(2,3)4/h7-8,13H,5-6,9-12H2,1-4H3. The summed E-state index contributed by atoms with van der Waals surface area (Å²) in [5, 5.41) is 0. The van der Waals surface area contributed by atoms with E-state index in [-0.39, 0.29) is 6.09 Å². The number of amides is 1. The van der Waals surface area contributed by atoms with Crippen LogP contribution in [0.5, 0.6) is 0 Å². The Morgan fingerprint density at radius 1 is 1.23 bits per heavy atom. The number of nitrogens with zero attached hydrogens (tertiary/aromatic N) is 3. The lowest BCUT2D eigenvalue weighted by Gasteiger charge is -2.36. The normalized spacial score (nSPS) is 15.8. The SMILES string of the molecule is CCCc1ccc(N2CCN(C(=O)OC(C)(C)C)CC2)nc1. The molecule has 0 saturated carbocycles. The van der Waals surface area contributed by atoms with E-state index in [1.54, 1.807) is 4.90 Å². The molecule has 0 unspecified atom stereocenters. The van der Waals surface area contributed by atoms with E-state index >= 15 is 0 Å². The van der Waals surface area contributed by atoms with Crippen molar-refractivity contribution in [2.24, 2.45) is 0 Å². The highest BCUT2D eigenvalue weighted by molar-refractivity contribution is 5.68. The van der Waals surface area contributed by atoms with E-state index in [0.29, 0.717) is 13.1 Å². The molecule has 0 radical (unpaired) electrons. The molecule has 5 heteroatoms. The molecule has 2 heterocycles. The number of piperazine rings is 1. The topological polar surface area (TPSA) is 45.7 Å². The van der Waals surface area contributed by atoms with Gasteiger partial charge in [-0.3, -0.25) is 0 Å². The molecule has 0 aromatic carbocycles. The maximum absolute atomic E-state index is 12.0. The summed E-state index contributed by atoms with van der Waals surface area (Å²) in [5.74, 6) is 0.990. The zero-order valence-corrected chi connectivity index (χ0v) is 14.1. The second-order valence-corrected chi connectivity index (χ2v) is 6.73. The van der Waals surface area contributed by atoms with Gasteiger partial charge < -0.3 is 14.5 Å². The predicted octanol–water partition coefficient (Wildman–Crippen LogP) is 3.09. The number of anilines is 1. The molecule has 1 aromatic heterocycles. The lowest BCUT2D eigenvalue weighted by atomic mass is 10.2. The molecule has 5 nitrogen and oxygen atoms in total. The monoisotopic (exact) mass is 305 g/mol. The van der Waals surface area contributed by atoms with Gasteiger partial charge in [-0.25, -0.2) is 9.78 Å². The van der Waals surface area contributed by atoms with Gasteiger partial charge in [0.15, 0.2) is 0 Å². The molecule has 0 atom stereocenters. The number of pyridine rings is 1. The minimum absolute atomic E-state index is 0.224. The van der Waals surface area contributed by atoms with Gasteiger partial charge >= 0.3 is 6.09 Å². The first-order valence-corrected chi connectivity index (χ1v) is 8.07. The molecule has 1 amide bonds. The van der Waals surface area contributed by atoms with Crippen LogP contribution in [-0.2, 0) is 11.2 Å². The fourth-order valence-corrected chi connectivity index (χ4v) is 2.48. The Labute approximate surface area is 133 Å². The van der Waals surface area contributed by atoms with Crippen LogP contribution in [0.25, 0.3) is 0 Å². The number of ether oxygens (including phenoxy) is 1. The van der Waals surface area contributed by atoms with Crippen LogP contribution in [0.3, 0.4) is 0 Å². The van der Waals surface area contributed by atoms with Gasteiger partial charge in [0.25, 0.3) is 0 Å². The van der Waals surface area contributed by atoms with E-state index in [1.165, 1.54) is 5.56 Å². The first kappa shape index (κ1) is 16.6. The lowest BCUT2D eigenvalue weighted by molar-refractivity contribution is 0.0240. The number of aromatic nitrogens is 1. The van der Waals surface area contributed by atoms with E-state index in [1.807, 2.05) is 27.0 Å². The quantitative estimate of drug-likeness (QED) is 0.861. The first-order chi connectivity index (χ1) is 10.4. The van der Waals surface area contributed by atoms with Crippen LogP contribution in [-0.4, -0.2) is 47.8 Å². The summed E-state index contributed by atoms with van der Waals surface area (Å²) in [6.45, 7) is 10.8. The molecule has 1 aliphatic rings. The van der Waals surface area contributed by atoms with Crippen LogP contribution < -0.4 is 4.90 Å². The van der Waals surface area contributed by atoms with Crippen molar-refractivity contribution in [3.63, 3.8) is 0 Å². The van der Waals surface area contributed by atoms with E-state index in [4.69, 9.17) is 4.74 Å². The van der Waals surface area contributed by atoms with Gasteiger partial charge in [-0.15, -0.1) is 0 Å². The second kappa shape index (κ2) is 6.99. The Morgan fingerprint density at radius 2 is 1.91 bits per heavy atom. The molecule has 0 spiro atoms. The number of carbonyl (C=O) groups excluding carboxylic acids is 1. The number of carbonyl (C=O) groups is 1. The molecule has 1 fully saturated rings. The van der Waals surface area contributed by atoms with Crippen molar-refractivity contribution in [3.05, 3.63) is 23.9 Å². The van der Waals surface area contributed by atoms with Crippen molar-refractivity contribution in [1.29, 1.82) is 0 Å². The molecule has 1 aliphatic heterocycles. The lowest BCUT2D eigenvalue weighted by Crippen LogP contribution is -2.50. The van der Waals surface area contributed by atoms with Gasteiger partial charge in [-0.05, 0) is 38.8 Å². The van der Waals surface area contributed by atoms with Gasteiger partial charge in [-0.2, -0.15) is 0 Å².